The number of carbonyl (C=O) groups is 3. The fourth-order valence-electron chi connectivity index (χ4n) is 3.22. The number of hydrogen-bond donors (Lipinski definition) is 1. The van der Waals surface area contributed by atoms with Gasteiger partial charge in [0.05, 0.1) is 5.92 Å². The van der Waals surface area contributed by atoms with E-state index >= 15 is 0 Å². The highest BCUT2D eigenvalue weighted by Gasteiger charge is 2.31. The third-order valence-corrected chi connectivity index (χ3v) is 4.54. The molecule has 0 spiro atoms. The molecule has 7 heteroatoms. The van der Waals surface area contributed by atoms with Crippen LogP contribution in [-0.2, 0) is 16.1 Å². The monoisotopic (exact) mass is 352 g/mol. The molecule has 1 N–H and O–H groups in total. The SMILES string of the molecule is Cl.O=C(O)C1CCN(C(=O)c2cccc(CN3CCCC3=O)c2)C1. The van der Waals surface area contributed by atoms with Crippen LogP contribution in [0, 0.1) is 5.92 Å². The van der Waals surface area contributed by atoms with Crippen LogP contribution >= 0.6 is 12.4 Å². The highest BCUT2D eigenvalue weighted by molar-refractivity contribution is 5.95. The minimum atomic E-state index is -0.846. The van der Waals surface area contributed by atoms with E-state index in [0.29, 0.717) is 31.5 Å². The maximum absolute atomic E-state index is 12.5. The number of rotatable bonds is 4. The Morgan fingerprint density at radius 2 is 2.04 bits per heavy atom. The minimum Gasteiger partial charge on any atom is -0.481 e. The third kappa shape index (κ3) is 3.87. The summed E-state index contributed by atoms with van der Waals surface area (Å²) >= 11 is 0. The average Bonchev–Trinajstić information content (AvgIpc) is 3.17. The van der Waals surface area contributed by atoms with Crippen molar-refractivity contribution in [3.63, 3.8) is 0 Å². The van der Waals surface area contributed by atoms with E-state index in [9.17, 15) is 14.4 Å². The van der Waals surface area contributed by atoms with Gasteiger partial charge in [0.25, 0.3) is 5.91 Å². The molecule has 1 atom stereocenters. The number of amides is 2. The topological polar surface area (TPSA) is 77.9 Å². The first-order valence-electron chi connectivity index (χ1n) is 7.93. The van der Waals surface area contributed by atoms with E-state index in [1.165, 1.54) is 0 Å². The molecule has 1 unspecified atom stereocenters. The van der Waals surface area contributed by atoms with E-state index in [2.05, 4.69) is 0 Å². The van der Waals surface area contributed by atoms with Crippen molar-refractivity contribution in [2.45, 2.75) is 25.8 Å². The molecule has 2 amide bonds. The van der Waals surface area contributed by atoms with Gasteiger partial charge in [-0.1, -0.05) is 12.1 Å². The molecule has 1 aromatic carbocycles. The normalized spacial score (nSPS) is 20.2. The molecule has 0 radical (unpaired) electrons. The number of carboxylic acids is 1. The predicted octanol–water partition coefficient (Wildman–Crippen LogP) is 1.78. The van der Waals surface area contributed by atoms with Gasteiger partial charge in [0.2, 0.25) is 5.91 Å². The Labute approximate surface area is 146 Å². The van der Waals surface area contributed by atoms with Crippen LogP contribution in [0.1, 0.15) is 35.2 Å². The molecular weight excluding hydrogens is 332 g/mol. The number of likely N-dealkylation sites (tertiary alicyclic amines) is 2. The van der Waals surface area contributed by atoms with Crippen molar-refractivity contribution in [2.75, 3.05) is 19.6 Å². The van der Waals surface area contributed by atoms with Crippen LogP contribution in [0.3, 0.4) is 0 Å². The fourth-order valence-corrected chi connectivity index (χ4v) is 3.22. The number of nitrogens with zero attached hydrogens (tertiary/aromatic N) is 2. The molecule has 0 aliphatic carbocycles. The third-order valence-electron chi connectivity index (χ3n) is 4.54. The quantitative estimate of drug-likeness (QED) is 0.896. The molecule has 130 valence electrons. The molecule has 2 heterocycles. The van der Waals surface area contributed by atoms with Crippen molar-refractivity contribution in [3.8, 4) is 0 Å². The summed E-state index contributed by atoms with van der Waals surface area (Å²) in [6, 6.07) is 7.27. The smallest absolute Gasteiger partial charge is 0.308 e. The molecule has 0 bridgehead atoms. The lowest BCUT2D eigenvalue weighted by molar-refractivity contribution is -0.141. The minimum absolute atomic E-state index is 0. The highest BCUT2D eigenvalue weighted by Crippen LogP contribution is 2.20. The number of halogens is 1. The molecule has 2 fully saturated rings. The fraction of sp³-hybridized carbons (Fsp3) is 0.471. The molecular formula is C17H21ClN2O4. The first-order valence-corrected chi connectivity index (χ1v) is 7.93. The van der Waals surface area contributed by atoms with Crippen molar-refractivity contribution in [2.24, 2.45) is 5.92 Å². The van der Waals surface area contributed by atoms with Gasteiger partial charge in [-0.15, -0.1) is 12.4 Å². The summed E-state index contributed by atoms with van der Waals surface area (Å²) in [7, 11) is 0. The molecule has 6 nitrogen and oxygen atoms in total. The average molecular weight is 353 g/mol. The van der Waals surface area contributed by atoms with Crippen molar-refractivity contribution < 1.29 is 19.5 Å². The van der Waals surface area contributed by atoms with Crippen LogP contribution in [-0.4, -0.2) is 52.3 Å². The Balaban J connectivity index is 0.00000208. The van der Waals surface area contributed by atoms with Crippen molar-refractivity contribution in [1.82, 2.24) is 9.80 Å². The van der Waals surface area contributed by atoms with E-state index in [-0.39, 0.29) is 30.8 Å². The number of carboxylic acid groups (broad SMARTS) is 1. The highest BCUT2D eigenvalue weighted by atomic mass is 35.5. The zero-order valence-electron chi connectivity index (χ0n) is 13.3. The Morgan fingerprint density at radius 3 is 2.67 bits per heavy atom. The lowest BCUT2D eigenvalue weighted by Gasteiger charge is -2.18. The molecule has 2 aliphatic heterocycles. The van der Waals surface area contributed by atoms with Crippen LogP contribution in [0.15, 0.2) is 24.3 Å². The molecule has 3 rings (SSSR count). The van der Waals surface area contributed by atoms with Gasteiger partial charge in [-0.3, -0.25) is 14.4 Å². The number of aliphatic carboxylic acids is 1. The maximum Gasteiger partial charge on any atom is 0.308 e. The second kappa shape index (κ2) is 7.66. The zero-order chi connectivity index (χ0) is 16.4. The maximum atomic E-state index is 12.5. The first-order chi connectivity index (χ1) is 11.0. The van der Waals surface area contributed by atoms with Gasteiger partial charge in [0, 0.05) is 38.2 Å². The zero-order valence-corrected chi connectivity index (χ0v) is 14.1. The summed E-state index contributed by atoms with van der Waals surface area (Å²) in [4.78, 5) is 38.6. The van der Waals surface area contributed by atoms with Crippen LogP contribution in [0.2, 0.25) is 0 Å². The van der Waals surface area contributed by atoms with Crippen molar-refractivity contribution in [1.29, 1.82) is 0 Å². The summed E-state index contributed by atoms with van der Waals surface area (Å²) in [5.41, 5.74) is 1.49. The standard InChI is InChI=1S/C17H20N2O4.ClH/c20-15-5-2-7-18(15)10-12-3-1-4-13(9-12)16(21)19-8-6-14(11-19)17(22)23;/h1,3-4,9,14H,2,5-8,10-11H2,(H,22,23);1H. The molecule has 24 heavy (non-hydrogen) atoms. The molecule has 2 aliphatic rings. The summed E-state index contributed by atoms with van der Waals surface area (Å²) in [5.74, 6) is -1.29. The Hall–Kier alpha value is -2.08. The van der Waals surface area contributed by atoms with Gasteiger partial charge >= 0.3 is 5.97 Å². The molecule has 0 aromatic heterocycles. The van der Waals surface area contributed by atoms with Crippen LogP contribution in [0.4, 0.5) is 0 Å². The van der Waals surface area contributed by atoms with Gasteiger partial charge in [-0.2, -0.15) is 0 Å². The second-order valence-electron chi connectivity index (χ2n) is 6.19. The van der Waals surface area contributed by atoms with E-state index in [4.69, 9.17) is 5.11 Å². The van der Waals surface area contributed by atoms with Gasteiger partial charge in [0.15, 0.2) is 0 Å². The van der Waals surface area contributed by atoms with E-state index in [1.54, 1.807) is 15.9 Å². The Kier molecular flexibility index (Phi) is 5.83. The molecule has 1 aromatic rings. The summed E-state index contributed by atoms with van der Waals surface area (Å²) < 4.78 is 0. The number of carbonyl (C=O) groups excluding carboxylic acids is 2. The van der Waals surface area contributed by atoms with Gasteiger partial charge < -0.3 is 14.9 Å². The summed E-state index contributed by atoms with van der Waals surface area (Å²) in [5, 5.41) is 9.04. The lowest BCUT2D eigenvalue weighted by Crippen LogP contribution is -2.30. The Morgan fingerprint density at radius 1 is 1.25 bits per heavy atom. The molecule has 0 saturated carbocycles. The van der Waals surface area contributed by atoms with E-state index in [0.717, 1.165) is 18.5 Å². The van der Waals surface area contributed by atoms with Gasteiger partial charge in [-0.25, -0.2) is 0 Å². The van der Waals surface area contributed by atoms with E-state index < -0.39 is 11.9 Å². The summed E-state index contributed by atoms with van der Waals surface area (Å²) in [6.45, 7) is 2.04. The van der Waals surface area contributed by atoms with Crippen LogP contribution in [0.25, 0.3) is 0 Å². The van der Waals surface area contributed by atoms with Crippen LogP contribution in [0.5, 0.6) is 0 Å². The number of hydrogen-bond acceptors (Lipinski definition) is 3. The van der Waals surface area contributed by atoms with Gasteiger partial charge in [0.1, 0.15) is 0 Å². The first kappa shape index (κ1) is 18.3. The lowest BCUT2D eigenvalue weighted by atomic mass is 10.1. The predicted molar refractivity (Wildman–Crippen MR) is 90.0 cm³/mol. The van der Waals surface area contributed by atoms with E-state index in [1.807, 2.05) is 18.2 Å². The second-order valence-corrected chi connectivity index (χ2v) is 6.19. The largest absolute Gasteiger partial charge is 0.481 e. The number of benzene rings is 1. The van der Waals surface area contributed by atoms with Crippen molar-refractivity contribution in [3.05, 3.63) is 35.4 Å². The van der Waals surface area contributed by atoms with Gasteiger partial charge in [-0.05, 0) is 30.5 Å². The van der Waals surface area contributed by atoms with Crippen LogP contribution < -0.4 is 0 Å². The molecule has 2 saturated heterocycles. The summed E-state index contributed by atoms with van der Waals surface area (Å²) in [6.07, 6.45) is 1.99. The van der Waals surface area contributed by atoms with Crippen molar-refractivity contribution >= 4 is 30.2 Å². The Bertz CT molecular complexity index is 649.